The third kappa shape index (κ3) is 3.57. The number of nitrogen functional groups attached to an aromatic ring is 1. The van der Waals surface area contributed by atoms with E-state index in [1.165, 1.54) is 0 Å². The monoisotopic (exact) mass is 392 g/mol. The summed E-state index contributed by atoms with van der Waals surface area (Å²) in [5, 5.41) is 12.1. The highest BCUT2D eigenvalue weighted by Gasteiger charge is 2.19. The Balaban J connectivity index is 2.06. The van der Waals surface area contributed by atoms with Gasteiger partial charge in [0.2, 0.25) is 5.95 Å². The molecule has 0 unspecified atom stereocenters. The van der Waals surface area contributed by atoms with Crippen LogP contribution in [0.3, 0.4) is 0 Å². The van der Waals surface area contributed by atoms with Crippen molar-refractivity contribution in [1.29, 1.82) is 0 Å². The van der Waals surface area contributed by atoms with E-state index in [0.717, 1.165) is 11.4 Å². The minimum absolute atomic E-state index is 0.387. The van der Waals surface area contributed by atoms with Crippen LogP contribution in [0.15, 0.2) is 24.4 Å². The number of benzene rings is 1. The predicted octanol–water partition coefficient (Wildman–Crippen LogP) is 2.74. The Hall–Kier alpha value is -2.42. The molecule has 0 bridgehead atoms. The molecule has 0 fully saturated rings. The van der Waals surface area contributed by atoms with E-state index in [9.17, 15) is 0 Å². The van der Waals surface area contributed by atoms with Crippen molar-refractivity contribution >= 4 is 40.7 Å². The Labute approximate surface area is 160 Å². The van der Waals surface area contributed by atoms with Gasteiger partial charge in [0.25, 0.3) is 0 Å². The molecule has 0 spiro atoms. The van der Waals surface area contributed by atoms with E-state index in [-0.39, 0.29) is 0 Å². The van der Waals surface area contributed by atoms with E-state index in [1.807, 2.05) is 14.0 Å². The lowest BCUT2D eigenvalue weighted by Gasteiger charge is -2.21. The maximum atomic E-state index is 6.64. The zero-order chi connectivity index (χ0) is 18.8. The topological polar surface area (TPSA) is 97.8 Å². The normalized spacial score (nSPS) is 11.0. The summed E-state index contributed by atoms with van der Waals surface area (Å²) in [5.74, 6) is 0.824. The maximum Gasteiger partial charge on any atom is 0.231 e. The molecule has 0 amide bonds. The van der Waals surface area contributed by atoms with Crippen molar-refractivity contribution in [1.82, 2.24) is 30.3 Å². The summed E-state index contributed by atoms with van der Waals surface area (Å²) in [7, 11) is 3.64. The van der Waals surface area contributed by atoms with E-state index >= 15 is 0 Å². The number of nitrogens with two attached hydrogens (primary N) is 1. The molecule has 0 radical (unpaired) electrons. The molecule has 3 N–H and O–H groups in total. The third-order valence-corrected chi connectivity index (χ3v) is 4.38. The molecule has 26 heavy (non-hydrogen) atoms. The van der Waals surface area contributed by atoms with Gasteiger partial charge in [0, 0.05) is 25.4 Å². The number of aromatic nitrogens is 5. The SMILES string of the molecule is CNCc1cn(-c2c(Cl)ccc(N(C)c3nc(C)cc(N)n3)c2Cl)nn1. The van der Waals surface area contributed by atoms with Gasteiger partial charge in [-0.25, -0.2) is 9.67 Å². The summed E-state index contributed by atoms with van der Waals surface area (Å²) >= 11 is 13.0. The van der Waals surface area contributed by atoms with Crippen LogP contribution < -0.4 is 16.0 Å². The Bertz CT molecular complexity index is 920. The summed E-state index contributed by atoms with van der Waals surface area (Å²) in [5.41, 5.74) is 8.57. The van der Waals surface area contributed by atoms with Crippen molar-refractivity contribution < 1.29 is 0 Å². The first kappa shape index (κ1) is 18.4. The third-order valence-electron chi connectivity index (χ3n) is 3.70. The Kier molecular flexibility index (Phi) is 5.26. The van der Waals surface area contributed by atoms with Crippen molar-refractivity contribution in [3.63, 3.8) is 0 Å². The summed E-state index contributed by atoms with van der Waals surface area (Å²) in [6.07, 6.45) is 1.77. The summed E-state index contributed by atoms with van der Waals surface area (Å²) < 4.78 is 1.56. The second kappa shape index (κ2) is 7.45. The minimum Gasteiger partial charge on any atom is -0.384 e. The Morgan fingerprint density at radius 2 is 2.04 bits per heavy atom. The highest BCUT2D eigenvalue weighted by atomic mass is 35.5. The number of rotatable bonds is 5. The molecule has 0 atom stereocenters. The lowest BCUT2D eigenvalue weighted by molar-refractivity contribution is 0.767. The van der Waals surface area contributed by atoms with E-state index in [1.54, 1.807) is 41.0 Å². The molecular formula is C16H18Cl2N8. The zero-order valence-corrected chi connectivity index (χ0v) is 16.0. The van der Waals surface area contributed by atoms with Crippen molar-refractivity contribution in [2.75, 3.05) is 24.7 Å². The van der Waals surface area contributed by atoms with E-state index in [2.05, 4.69) is 25.6 Å². The first-order chi connectivity index (χ1) is 12.4. The maximum absolute atomic E-state index is 6.64. The fraction of sp³-hybridized carbons (Fsp3) is 0.250. The van der Waals surface area contributed by atoms with Crippen LogP contribution in [0.1, 0.15) is 11.4 Å². The van der Waals surface area contributed by atoms with Gasteiger partial charge in [0.15, 0.2) is 0 Å². The van der Waals surface area contributed by atoms with Gasteiger partial charge >= 0.3 is 0 Å². The second-order valence-corrected chi connectivity index (χ2v) is 6.49. The Morgan fingerprint density at radius 3 is 2.73 bits per heavy atom. The molecule has 8 nitrogen and oxygen atoms in total. The van der Waals surface area contributed by atoms with Crippen LogP contribution >= 0.6 is 23.2 Å². The van der Waals surface area contributed by atoms with Crippen molar-refractivity contribution in [3.8, 4) is 5.69 Å². The van der Waals surface area contributed by atoms with Crippen LogP contribution in [0.2, 0.25) is 10.0 Å². The minimum atomic E-state index is 0.387. The molecule has 136 valence electrons. The van der Waals surface area contributed by atoms with E-state index < -0.39 is 0 Å². The predicted molar refractivity (Wildman–Crippen MR) is 103 cm³/mol. The largest absolute Gasteiger partial charge is 0.384 e. The van der Waals surface area contributed by atoms with Crippen molar-refractivity contribution in [3.05, 3.63) is 45.8 Å². The molecule has 10 heteroatoms. The highest BCUT2D eigenvalue weighted by Crippen LogP contribution is 2.38. The first-order valence-electron chi connectivity index (χ1n) is 7.79. The molecule has 2 aromatic heterocycles. The molecule has 1 aromatic carbocycles. The van der Waals surface area contributed by atoms with Gasteiger partial charge in [-0.2, -0.15) is 4.98 Å². The molecule has 0 saturated heterocycles. The van der Waals surface area contributed by atoms with Crippen LogP contribution in [0.25, 0.3) is 5.69 Å². The van der Waals surface area contributed by atoms with Gasteiger partial charge < -0.3 is 16.0 Å². The molecule has 2 heterocycles. The van der Waals surface area contributed by atoms with Gasteiger partial charge in [-0.3, -0.25) is 0 Å². The quantitative estimate of drug-likeness (QED) is 0.688. The number of halogens is 2. The van der Waals surface area contributed by atoms with Gasteiger partial charge in [-0.05, 0) is 26.1 Å². The van der Waals surface area contributed by atoms with E-state index in [4.69, 9.17) is 28.9 Å². The molecule has 0 aliphatic rings. The molecule has 3 rings (SSSR count). The summed E-state index contributed by atoms with van der Waals surface area (Å²) in [6.45, 7) is 2.44. The lowest BCUT2D eigenvalue weighted by Crippen LogP contribution is -2.15. The van der Waals surface area contributed by atoms with Crippen LogP contribution in [0.4, 0.5) is 17.5 Å². The van der Waals surface area contributed by atoms with E-state index in [0.29, 0.717) is 39.7 Å². The number of aryl methyl sites for hydroxylation is 1. The molecule has 3 aromatic rings. The van der Waals surface area contributed by atoms with Gasteiger partial charge in [0.1, 0.15) is 11.5 Å². The van der Waals surface area contributed by atoms with Gasteiger partial charge in [0.05, 0.1) is 27.6 Å². The van der Waals surface area contributed by atoms with Gasteiger partial charge in [-0.15, -0.1) is 5.10 Å². The van der Waals surface area contributed by atoms with Crippen molar-refractivity contribution in [2.24, 2.45) is 0 Å². The fourth-order valence-electron chi connectivity index (χ4n) is 2.50. The highest BCUT2D eigenvalue weighted by molar-refractivity contribution is 6.39. The fourth-order valence-corrected chi connectivity index (χ4v) is 3.17. The molecule has 0 aliphatic heterocycles. The number of hydrogen-bond acceptors (Lipinski definition) is 7. The van der Waals surface area contributed by atoms with Crippen LogP contribution in [0.5, 0.6) is 0 Å². The standard InChI is InChI=1S/C16H18Cl2N8/c1-9-6-13(19)22-16(21-9)25(3)12-5-4-11(17)15(14(12)18)26-8-10(7-20-2)23-24-26/h4-6,8,20H,7H2,1-3H3,(H2,19,21,22). The summed E-state index contributed by atoms with van der Waals surface area (Å²) in [6, 6.07) is 5.24. The molecule has 0 saturated carbocycles. The number of hydrogen-bond donors (Lipinski definition) is 2. The Morgan fingerprint density at radius 1 is 1.27 bits per heavy atom. The lowest BCUT2D eigenvalue weighted by atomic mass is 10.2. The second-order valence-electron chi connectivity index (χ2n) is 5.71. The van der Waals surface area contributed by atoms with Crippen LogP contribution in [-0.4, -0.2) is 39.1 Å². The first-order valence-corrected chi connectivity index (χ1v) is 8.55. The smallest absolute Gasteiger partial charge is 0.231 e. The number of nitrogens with zero attached hydrogens (tertiary/aromatic N) is 6. The average Bonchev–Trinajstić information content (AvgIpc) is 3.02. The molecule has 0 aliphatic carbocycles. The number of anilines is 3. The zero-order valence-electron chi connectivity index (χ0n) is 14.5. The number of nitrogens with one attached hydrogen (secondary N) is 1. The van der Waals surface area contributed by atoms with Crippen LogP contribution in [0, 0.1) is 6.92 Å². The van der Waals surface area contributed by atoms with Gasteiger partial charge in [-0.1, -0.05) is 28.4 Å². The van der Waals surface area contributed by atoms with Crippen molar-refractivity contribution in [2.45, 2.75) is 13.5 Å². The summed E-state index contributed by atoms with van der Waals surface area (Å²) in [4.78, 5) is 10.4. The van der Waals surface area contributed by atoms with Crippen LogP contribution in [-0.2, 0) is 6.54 Å². The molecular weight excluding hydrogens is 375 g/mol. The average molecular weight is 393 g/mol.